The summed E-state index contributed by atoms with van der Waals surface area (Å²) in [5.74, 6) is -0.915. The first-order chi connectivity index (χ1) is 33.5. The predicted octanol–water partition coefficient (Wildman–Crippen LogP) is 19.4. The maximum Gasteiger partial charge on any atom is 0.306 e. The Labute approximate surface area is 421 Å². The van der Waals surface area contributed by atoms with Crippen molar-refractivity contribution in [3.05, 3.63) is 72.9 Å². The van der Waals surface area contributed by atoms with E-state index in [1.54, 1.807) is 0 Å². The van der Waals surface area contributed by atoms with Crippen LogP contribution in [0, 0.1) is 0 Å². The van der Waals surface area contributed by atoms with E-state index in [9.17, 15) is 14.4 Å². The molecule has 0 saturated carbocycles. The third-order valence-electron chi connectivity index (χ3n) is 12.4. The predicted molar refractivity (Wildman–Crippen MR) is 293 cm³/mol. The van der Waals surface area contributed by atoms with Gasteiger partial charge in [0.2, 0.25) is 0 Å². The van der Waals surface area contributed by atoms with Gasteiger partial charge in [0, 0.05) is 19.3 Å². The van der Waals surface area contributed by atoms with Gasteiger partial charge in [0.25, 0.3) is 0 Å². The number of allylic oxidation sites excluding steroid dienone is 12. The molecule has 0 aromatic carbocycles. The molecule has 1 unspecified atom stereocenters. The highest BCUT2D eigenvalue weighted by molar-refractivity contribution is 5.71. The van der Waals surface area contributed by atoms with Crippen LogP contribution in [0.5, 0.6) is 0 Å². The van der Waals surface area contributed by atoms with E-state index in [2.05, 4.69) is 93.7 Å². The molecule has 0 N–H and O–H groups in total. The number of carbonyl (C=O) groups is 3. The Morgan fingerprint density at radius 3 is 0.912 bits per heavy atom. The fraction of sp³-hybridized carbons (Fsp3) is 0.758. The molecule has 0 radical (unpaired) electrons. The lowest BCUT2D eigenvalue weighted by atomic mass is 10.1. The van der Waals surface area contributed by atoms with Crippen molar-refractivity contribution in [3.8, 4) is 0 Å². The van der Waals surface area contributed by atoms with E-state index in [0.717, 1.165) is 103 Å². The van der Waals surface area contributed by atoms with Crippen LogP contribution in [0.2, 0.25) is 0 Å². The quantitative estimate of drug-likeness (QED) is 0.0262. The minimum atomic E-state index is -0.793. The summed E-state index contributed by atoms with van der Waals surface area (Å²) in [5.41, 5.74) is 0. The van der Waals surface area contributed by atoms with Crippen molar-refractivity contribution in [1.82, 2.24) is 0 Å². The second-order valence-electron chi connectivity index (χ2n) is 19.2. The normalized spacial score (nSPS) is 12.6. The van der Waals surface area contributed by atoms with Crippen LogP contribution in [0.3, 0.4) is 0 Å². The molecule has 0 spiro atoms. The van der Waals surface area contributed by atoms with Gasteiger partial charge in [-0.15, -0.1) is 0 Å². The number of unbranched alkanes of at least 4 members (excludes halogenated alkanes) is 29. The molecule has 0 aliphatic heterocycles. The summed E-state index contributed by atoms with van der Waals surface area (Å²) < 4.78 is 16.8. The average molecular weight is 950 g/mol. The Balaban J connectivity index is 4.41. The molecule has 0 aromatic heterocycles. The van der Waals surface area contributed by atoms with E-state index in [1.807, 2.05) is 0 Å². The summed E-state index contributed by atoms with van der Waals surface area (Å²) in [6, 6.07) is 0. The molecule has 0 aliphatic rings. The van der Waals surface area contributed by atoms with E-state index in [0.29, 0.717) is 19.3 Å². The lowest BCUT2D eigenvalue weighted by molar-refractivity contribution is -0.167. The lowest BCUT2D eigenvalue weighted by Gasteiger charge is -2.18. The molecule has 0 bridgehead atoms. The van der Waals surface area contributed by atoms with Gasteiger partial charge in [-0.1, -0.05) is 229 Å². The second-order valence-corrected chi connectivity index (χ2v) is 19.2. The lowest BCUT2D eigenvalue weighted by Crippen LogP contribution is -2.30. The highest BCUT2D eigenvalue weighted by atomic mass is 16.6. The van der Waals surface area contributed by atoms with Crippen molar-refractivity contribution in [2.75, 3.05) is 13.2 Å². The smallest absolute Gasteiger partial charge is 0.306 e. The van der Waals surface area contributed by atoms with Gasteiger partial charge in [-0.3, -0.25) is 14.4 Å². The monoisotopic (exact) mass is 949 g/mol. The fourth-order valence-corrected chi connectivity index (χ4v) is 8.07. The largest absolute Gasteiger partial charge is 0.462 e. The second kappa shape index (κ2) is 56.4. The van der Waals surface area contributed by atoms with Crippen LogP contribution in [-0.2, 0) is 28.6 Å². The zero-order valence-corrected chi connectivity index (χ0v) is 44.9. The highest BCUT2D eigenvalue weighted by Gasteiger charge is 2.19. The molecular formula is C62H108O6. The molecule has 0 heterocycles. The molecular weight excluding hydrogens is 841 g/mol. The van der Waals surface area contributed by atoms with Crippen molar-refractivity contribution in [3.63, 3.8) is 0 Å². The van der Waals surface area contributed by atoms with Crippen molar-refractivity contribution < 1.29 is 28.6 Å². The van der Waals surface area contributed by atoms with Crippen LogP contribution in [0.15, 0.2) is 72.9 Å². The molecule has 0 saturated heterocycles. The summed E-state index contributed by atoms with van der Waals surface area (Å²) in [5, 5.41) is 0. The number of esters is 3. The molecule has 0 aromatic rings. The molecule has 0 aliphatic carbocycles. The van der Waals surface area contributed by atoms with Crippen LogP contribution in [-0.4, -0.2) is 37.2 Å². The minimum Gasteiger partial charge on any atom is -0.462 e. The molecule has 392 valence electrons. The fourth-order valence-electron chi connectivity index (χ4n) is 8.07. The van der Waals surface area contributed by atoms with Crippen LogP contribution >= 0.6 is 0 Å². The van der Waals surface area contributed by atoms with Gasteiger partial charge in [0.1, 0.15) is 13.2 Å². The third-order valence-corrected chi connectivity index (χ3v) is 12.4. The third kappa shape index (κ3) is 53.8. The van der Waals surface area contributed by atoms with Crippen molar-refractivity contribution in [1.29, 1.82) is 0 Å². The van der Waals surface area contributed by atoms with Crippen molar-refractivity contribution >= 4 is 17.9 Å². The van der Waals surface area contributed by atoms with Gasteiger partial charge in [0.05, 0.1) is 0 Å². The topological polar surface area (TPSA) is 78.9 Å². The summed E-state index contributed by atoms with van der Waals surface area (Å²) in [4.78, 5) is 38.2. The van der Waals surface area contributed by atoms with E-state index in [1.165, 1.54) is 141 Å². The number of ether oxygens (including phenoxy) is 3. The Morgan fingerprint density at radius 1 is 0.309 bits per heavy atom. The van der Waals surface area contributed by atoms with Gasteiger partial charge < -0.3 is 14.2 Å². The van der Waals surface area contributed by atoms with E-state index in [-0.39, 0.29) is 31.1 Å². The van der Waals surface area contributed by atoms with E-state index in [4.69, 9.17) is 14.2 Å². The standard InChI is InChI=1S/C62H108O6/c1-4-7-10-13-16-19-22-25-28-30-31-33-34-37-40-43-46-49-52-55-61(64)67-58-59(57-66-60(63)54-51-48-45-42-39-36-27-24-21-18-15-12-9-6-3)68-62(65)56-53-50-47-44-41-38-35-32-29-26-23-20-17-14-11-8-5-2/h8,11,17,20,24-29,35,38,59H,4-7,9-10,12-16,18-19,21-23,30-34,36-37,39-58H2,1-3H3/b11-8-,20-17-,27-24-,28-25-,29-26-,38-35-. The first-order valence-electron chi connectivity index (χ1n) is 28.9. The molecule has 6 heteroatoms. The zero-order valence-electron chi connectivity index (χ0n) is 44.9. The molecule has 6 nitrogen and oxygen atoms in total. The highest BCUT2D eigenvalue weighted by Crippen LogP contribution is 2.15. The maximum absolute atomic E-state index is 12.8. The van der Waals surface area contributed by atoms with Crippen molar-refractivity contribution in [2.45, 2.75) is 290 Å². The summed E-state index contributed by atoms with van der Waals surface area (Å²) in [7, 11) is 0. The van der Waals surface area contributed by atoms with Gasteiger partial charge in [-0.25, -0.2) is 0 Å². The Kier molecular flexibility index (Phi) is 53.8. The Bertz CT molecular complexity index is 1270. The van der Waals surface area contributed by atoms with Crippen LogP contribution in [0.25, 0.3) is 0 Å². The Hall–Kier alpha value is -3.15. The van der Waals surface area contributed by atoms with Crippen molar-refractivity contribution in [2.24, 2.45) is 0 Å². The van der Waals surface area contributed by atoms with Gasteiger partial charge in [-0.05, 0) is 109 Å². The van der Waals surface area contributed by atoms with E-state index >= 15 is 0 Å². The molecule has 0 amide bonds. The van der Waals surface area contributed by atoms with Crippen LogP contribution in [0.1, 0.15) is 284 Å². The first-order valence-corrected chi connectivity index (χ1v) is 28.9. The summed E-state index contributed by atoms with van der Waals surface area (Å²) in [6.07, 6.45) is 71.7. The summed E-state index contributed by atoms with van der Waals surface area (Å²) in [6.45, 7) is 6.50. The number of carbonyl (C=O) groups excluding carboxylic acids is 3. The molecule has 0 rings (SSSR count). The zero-order chi connectivity index (χ0) is 49.3. The number of hydrogen-bond acceptors (Lipinski definition) is 6. The average Bonchev–Trinajstić information content (AvgIpc) is 3.34. The minimum absolute atomic E-state index is 0.0884. The molecule has 1 atom stereocenters. The van der Waals surface area contributed by atoms with Gasteiger partial charge in [0.15, 0.2) is 6.10 Å². The molecule has 68 heavy (non-hydrogen) atoms. The molecule has 0 fully saturated rings. The maximum atomic E-state index is 12.8. The van der Waals surface area contributed by atoms with Gasteiger partial charge in [-0.2, -0.15) is 0 Å². The first kappa shape index (κ1) is 64.8. The van der Waals surface area contributed by atoms with Gasteiger partial charge >= 0.3 is 17.9 Å². The number of rotatable bonds is 52. The van der Waals surface area contributed by atoms with E-state index < -0.39 is 6.10 Å². The summed E-state index contributed by atoms with van der Waals surface area (Å²) >= 11 is 0. The SMILES string of the molecule is CC/C=C\C/C=C\C/C=C\C/C=C\CCCCCCC(=O)OC(COC(=O)CCCCCCC/C=C\CCCCCCC)COC(=O)CCCCCCCCCCC/C=C\CCCCCCCC. The van der Waals surface area contributed by atoms with Crippen LogP contribution in [0.4, 0.5) is 0 Å². The Morgan fingerprint density at radius 2 is 0.574 bits per heavy atom. The van der Waals surface area contributed by atoms with Crippen LogP contribution < -0.4 is 0 Å². The number of hydrogen-bond donors (Lipinski definition) is 0.